The number of methoxy groups -OCH3 is 1. The molecule has 6 rings (SSSR count). The first-order valence-corrected chi connectivity index (χ1v) is 16.0. The van der Waals surface area contributed by atoms with Crippen molar-refractivity contribution in [2.75, 3.05) is 31.6 Å². The molecule has 234 valence electrons. The minimum absolute atomic E-state index is 0.0123. The van der Waals surface area contributed by atoms with Crippen LogP contribution >= 0.6 is 11.6 Å². The molecule has 2 amide bonds. The molecule has 0 radical (unpaired) electrons. The van der Waals surface area contributed by atoms with Gasteiger partial charge in [-0.15, -0.1) is 0 Å². The Morgan fingerprint density at radius 1 is 1.02 bits per heavy atom. The SMILES string of the molecule is COc1ccc2oc(C(=O)N[C@H](Cc3ccc(Cl)cc3)CC3CCN(c4ccccc4CN4CCCC4=O)CC3)cc(=O)c2c1. The molecule has 2 aliphatic rings. The van der Waals surface area contributed by atoms with Gasteiger partial charge in [0.05, 0.1) is 12.5 Å². The highest BCUT2D eigenvalue weighted by Gasteiger charge is 2.27. The van der Waals surface area contributed by atoms with Crippen molar-refractivity contribution in [3.05, 3.63) is 105 Å². The first kappa shape index (κ1) is 30.7. The third-order valence-corrected chi connectivity index (χ3v) is 9.24. The zero-order valence-corrected chi connectivity index (χ0v) is 26.2. The quantitative estimate of drug-likeness (QED) is 0.224. The van der Waals surface area contributed by atoms with Crippen molar-refractivity contribution in [2.24, 2.45) is 5.92 Å². The van der Waals surface area contributed by atoms with E-state index in [0.29, 0.717) is 47.0 Å². The molecule has 8 nitrogen and oxygen atoms in total. The monoisotopic (exact) mass is 627 g/mol. The third kappa shape index (κ3) is 7.34. The van der Waals surface area contributed by atoms with Gasteiger partial charge in [0.25, 0.3) is 5.91 Å². The van der Waals surface area contributed by atoms with Gasteiger partial charge in [0, 0.05) is 55.4 Å². The highest BCUT2D eigenvalue weighted by molar-refractivity contribution is 6.30. The van der Waals surface area contributed by atoms with Crippen LogP contribution in [0.25, 0.3) is 11.0 Å². The van der Waals surface area contributed by atoms with E-state index in [1.807, 2.05) is 35.2 Å². The number of anilines is 1. The third-order valence-electron chi connectivity index (χ3n) is 8.99. The molecule has 2 fully saturated rings. The summed E-state index contributed by atoms with van der Waals surface area (Å²) in [6.45, 7) is 3.29. The molecule has 1 aromatic heterocycles. The van der Waals surface area contributed by atoms with E-state index in [9.17, 15) is 14.4 Å². The number of nitrogens with zero attached hydrogens (tertiary/aromatic N) is 2. The van der Waals surface area contributed by atoms with Crippen LogP contribution in [0.5, 0.6) is 5.75 Å². The number of ether oxygens (including phenoxy) is 1. The van der Waals surface area contributed by atoms with Crippen molar-refractivity contribution in [3.63, 3.8) is 0 Å². The van der Waals surface area contributed by atoms with Crippen LogP contribution in [-0.4, -0.2) is 49.5 Å². The number of rotatable bonds is 10. The van der Waals surface area contributed by atoms with Crippen molar-refractivity contribution in [1.29, 1.82) is 0 Å². The van der Waals surface area contributed by atoms with Gasteiger partial charge in [-0.3, -0.25) is 14.4 Å². The molecule has 0 aliphatic carbocycles. The average Bonchev–Trinajstić information content (AvgIpc) is 3.46. The van der Waals surface area contributed by atoms with Crippen molar-refractivity contribution < 1.29 is 18.7 Å². The molecule has 0 spiro atoms. The summed E-state index contributed by atoms with van der Waals surface area (Å²) in [6, 6.07) is 22.1. The number of hydrogen-bond donors (Lipinski definition) is 1. The van der Waals surface area contributed by atoms with Crippen molar-refractivity contribution in [1.82, 2.24) is 10.2 Å². The van der Waals surface area contributed by atoms with Gasteiger partial charge in [-0.2, -0.15) is 0 Å². The van der Waals surface area contributed by atoms with Gasteiger partial charge in [-0.1, -0.05) is 41.9 Å². The molecule has 3 aromatic carbocycles. The zero-order chi connectivity index (χ0) is 31.3. The van der Waals surface area contributed by atoms with Crippen molar-refractivity contribution in [2.45, 2.75) is 51.1 Å². The lowest BCUT2D eigenvalue weighted by molar-refractivity contribution is -0.128. The largest absolute Gasteiger partial charge is 0.497 e. The molecule has 1 atom stereocenters. The number of benzene rings is 3. The minimum atomic E-state index is -0.411. The second kappa shape index (κ2) is 13.8. The van der Waals surface area contributed by atoms with Crippen LogP contribution in [0, 0.1) is 5.92 Å². The Bertz CT molecular complexity index is 1730. The van der Waals surface area contributed by atoms with Crippen LogP contribution in [0.15, 0.2) is 82.0 Å². The second-order valence-corrected chi connectivity index (χ2v) is 12.5. The number of fused-ring (bicyclic) bond motifs is 1. The first-order valence-electron chi connectivity index (χ1n) is 15.6. The van der Waals surface area contributed by atoms with E-state index in [2.05, 4.69) is 28.4 Å². The first-order chi connectivity index (χ1) is 21.9. The van der Waals surface area contributed by atoms with Crippen LogP contribution in [0.3, 0.4) is 0 Å². The molecule has 1 N–H and O–H groups in total. The van der Waals surface area contributed by atoms with Crippen LogP contribution < -0.4 is 20.4 Å². The zero-order valence-electron chi connectivity index (χ0n) is 25.5. The Morgan fingerprint density at radius 3 is 2.53 bits per heavy atom. The van der Waals surface area contributed by atoms with Gasteiger partial charge in [0.2, 0.25) is 5.91 Å². The number of carbonyl (C=O) groups excluding carboxylic acids is 2. The van der Waals surface area contributed by atoms with Gasteiger partial charge in [-0.25, -0.2) is 0 Å². The fourth-order valence-electron chi connectivity index (χ4n) is 6.57. The maximum absolute atomic E-state index is 13.5. The molecule has 2 saturated heterocycles. The average molecular weight is 628 g/mol. The van der Waals surface area contributed by atoms with Gasteiger partial charge in [0.15, 0.2) is 11.2 Å². The highest BCUT2D eigenvalue weighted by Crippen LogP contribution is 2.31. The number of carbonyl (C=O) groups is 2. The molecule has 3 heterocycles. The summed E-state index contributed by atoms with van der Waals surface area (Å²) >= 11 is 6.14. The summed E-state index contributed by atoms with van der Waals surface area (Å²) in [7, 11) is 1.53. The number of hydrogen-bond acceptors (Lipinski definition) is 6. The number of para-hydroxylation sites is 1. The number of nitrogens with one attached hydrogen (secondary N) is 1. The van der Waals surface area contributed by atoms with E-state index < -0.39 is 5.91 Å². The summed E-state index contributed by atoms with van der Waals surface area (Å²) in [5.74, 6) is 0.766. The number of amides is 2. The van der Waals surface area contributed by atoms with E-state index in [4.69, 9.17) is 20.8 Å². The standard InChI is InChI=1S/C36H38ClN3O5/c1-44-29-12-13-33-30(21-29)32(41)22-34(45-33)36(43)38-28(19-24-8-10-27(37)11-9-24)20-25-14-17-39(18-15-25)31-6-3-2-5-26(31)23-40-16-4-7-35(40)42/h2-3,5-6,8-13,21-22,25,28H,4,7,14-20,23H2,1H3,(H,38,43)/t28-/m1/s1. The summed E-state index contributed by atoms with van der Waals surface area (Å²) in [4.78, 5) is 43.0. The van der Waals surface area contributed by atoms with Gasteiger partial charge in [-0.05, 0) is 85.5 Å². The van der Waals surface area contributed by atoms with Crippen molar-refractivity contribution in [3.8, 4) is 5.75 Å². The number of halogens is 1. The maximum Gasteiger partial charge on any atom is 0.287 e. The van der Waals surface area contributed by atoms with Crippen molar-refractivity contribution >= 4 is 40.1 Å². The molecule has 0 saturated carbocycles. The van der Waals surface area contributed by atoms with E-state index >= 15 is 0 Å². The molecular weight excluding hydrogens is 590 g/mol. The van der Waals surface area contributed by atoms with Crippen LogP contribution in [0.4, 0.5) is 5.69 Å². The molecular formula is C36H38ClN3O5. The van der Waals surface area contributed by atoms with Gasteiger partial charge < -0.3 is 24.3 Å². The highest BCUT2D eigenvalue weighted by atomic mass is 35.5. The lowest BCUT2D eigenvalue weighted by Crippen LogP contribution is -2.41. The molecule has 4 aromatic rings. The summed E-state index contributed by atoms with van der Waals surface area (Å²) < 4.78 is 11.1. The molecule has 45 heavy (non-hydrogen) atoms. The lowest BCUT2D eigenvalue weighted by Gasteiger charge is -2.36. The maximum atomic E-state index is 13.5. The summed E-state index contributed by atoms with van der Waals surface area (Å²) in [5.41, 5.74) is 3.50. The Kier molecular flexibility index (Phi) is 9.40. The van der Waals surface area contributed by atoms with Crippen LogP contribution in [0.2, 0.25) is 5.02 Å². The minimum Gasteiger partial charge on any atom is -0.497 e. The summed E-state index contributed by atoms with van der Waals surface area (Å²) in [6.07, 6.45) is 4.96. The van der Waals surface area contributed by atoms with Crippen LogP contribution in [0.1, 0.15) is 53.8 Å². The Labute approximate surface area is 267 Å². The van der Waals surface area contributed by atoms with Gasteiger partial charge >= 0.3 is 0 Å². The topological polar surface area (TPSA) is 92.1 Å². The molecule has 2 aliphatic heterocycles. The Hall–Kier alpha value is -4.30. The van der Waals surface area contributed by atoms with Gasteiger partial charge in [0.1, 0.15) is 11.3 Å². The van der Waals surface area contributed by atoms with E-state index in [-0.39, 0.29) is 23.1 Å². The normalized spacial score (nSPS) is 16.3. The fourth-order valence-corrected chi connectivity index (χ4v) is 6.70. The lowest BCUT2D eigenvalue weighted by atomic mass is 9.87. The van der Waals surface area contributed by atoms with E-state index in [1.54, 1.807) is 18.2 Å². The Balaban J connectivity index is 1.15. The van der Waals surface area contributed by atoms with Crippen LogP contribution in [-0.2, 0) is 17.8 Å². The van der Waals surface area contributed by atoms with E-state index in [0.717, 1.165) is 50.9 Å². The summed E-state index contributed by atoms with van der Waals surface area (Å²) in [5, 5.41) is 4.20. The molecule has 0 unspecified atom stereocenters. The predicted molar refractivity (Wildman–Crippen MR) is 176 cm³/mol. The van der Waals surface area contributed by atoms with E-state index in [1.165, 1.54) is 24.4 Å². The second-order valence-electron chi connectivity index (χ2n) is 12.1. The smallest absolute Gasteiger partial charge is 0.287 e. The number of likely N-dealkylation sites (tertiary alicyclic amines) is 1. The number of piperidine rings is 1. The molecule has 9 heteroatoms. The predicted octanol–water partition coefficient (Wildman–Crippen LogP) is 6.23. The Morgan fingerprint density at radius 2 is 1.80 bits per heavy atom. The molecule has 0 bridgehead atoms. The fraction of sp³-hybridized carbons (Fsp3) is 0.361.